The largest absolute Gasteiger partial charge is 0.313 e. The number of hydrogen-bond acceptors (Lipinski definition) is 1. The smallest absolute Gasteiger partial charge is 0.0417 e. The van der Waals surface area contributed by atoms with E-state index >= 15 is 0 Å². The Hall–Kier alpha value is -0.0500. The van der Waals surface area contributed by atoms with Crippen molar-refractivity contribution in [2.24, 2.45) is 0 Å². The van der Waals surface area contributed by atoms with Crippen LogP contribution in [0.25, 0.3) is 0 Å². The topological polar surface area (TPSA) is 12.0 Å². The Morgan fingerprint density at radius 1 is 1.50 bits per heavy atom. The SMILES string of the molecule is CCNCc1ccc(Cl)cc1Br. The third-order valence-electron chi connectivity index (χ3n) is 1.58. The van der Waals surface area contributed by atoms with Gasteiger partial charge in [-0.05, 0) is 24.2 Å². The molecule has 3 heteroatoms. The van der Waals surface area contributed by atoms with Crippen molar-refractivity contribution in [2.75, 3.05) is 6.54 Å². The van der Waals surface area contributed by atoms with Gasteiger partial charge in [-0.2, -0.15) is 0 Å². The Labute approximate surface area is 86.2 Å². The summed E-state index contributed by atoms with van der Waals surface area (Å²) in [5.41, 5.74) is 1.24. The van der Waals surface area contributed by atoms with Crippen molar-refractivity contribution in [1.82, 2.24) is 5.32 Å². The first kappa shape index (κ1) is 10.0. The number of halogens is 2. The molecular weight excluding hydrogens is 237 g/mol. The Morgan fingerprint density at radius 3 is 2.83 bits per heavy atom. The molecule has 0 saturated heterocycles. The summed E-state index contributed by atoms with van der Waals surface area (Å²) in [6.07, 6.45) is 0. The van der Waals surface area contributed by atoms with Crippen molar-refractivity contribution < 1.29 is 0 Å². The lowest BCUT2D eigenvalue weighted by atomic mass is 10.2. The number of benzene rings is 1. The number of rotatable bonds is 3. The Bertz CT molecular complexity index is 263. The lowest BCUT2D eigenvalue weighted by Gasteiger charge is -2.04. The summed E-state index contributed by atoms with van der Waals surface area (Å²) in [7, 11) is 0. The fourth-order valence-corrected chi connectivity index (χ4v) is 1.75. The van der Waals surface area contributed by atoms with E-state index in [1.165, 1.54) is 5.56 Å². The van der Waals surface area contributed by atoms with E-state index in [1.54, 1.807) is 0 Å². The molecule has 1 N–H and O–H groups in total. The van der Waals surface area contributed by atoms with Crippen molar-refractivity contribution >= 4 is 27.5 Å². The van der Waals surface area contributed by atoms with Gasteiger partial charge >= 0.3 is 0 Å². The second-order valence-corrected chi connectivity index (χ2v) is 3.81. The van der Waals surface area contributed by atoms with E-state index < -0.39 is 0 Å². The lowest BCUT2D eigenvalue weighted by Crippen LogP contribution is -2.11. The molecule has 0 aliphatic heterocycles. The normalized spacial score (nSPS) is 10.2. The molecule has 0 heterocycles. The molecule has 0 aliphatic rings. The van der Waals surface area contributed by atoms with E-state index in [0.717, 1.165) is 22.6 Å². The first-order valence-electron chi connectivity index (χ1n) is 3.88. The molecule has 0 fully saturated rings. The summed E-state index contributed by atoms with van der Waals surface area (Å²) >= 11 is 9.25. The predicted molar refractivity (Wildman–Crippen MR) is 56.5 cm³/mol. The van der Waals surface area contributed by atoms with E-state index in [9.17, 15) is 0 Å². The van der Waals surface area contributed by atoms with Gasteiger partial charge in [0.25, 0.3) is 0 Å². The van der Waals surface area contributed by atoms with Crippen LogP contribution in [0.1, 0.15) is 12.5 Å². The minimum absolute atomic E-state index is 0.766. The Balaban J connectivity index is 2.72. The Kier molecular flexibility index (Phi) is 4.06. The van der Waals surface area contributed by atoms with Gasteiger partial charge in [-0.25, -0.2) is 0 Å². The average Bonchev–Trinajstić information content (AvgIpc) is 2.03. The van der Waals surface area contributed by atoms with Gasteiger partial charge in [-0.1, -0.05) is 40.5 Å². The molecule has 1 nitrogen and oxygen atoms in total. The van der Waals surface area contributed by atoms with E-state index in [2.05, 4.69) is 28.2 Å². The molecule has 1 aromatic rings. The van der Waals surface area contributed by atoms with Crippen LogP contribution in [0.15, 0.2) is 22.7 Å². The monoisotopic (exact) mass is 247 g/mol. The highest BCUT2D eigenvalue weighted by Gasteiger charge is 1.98. The van der Waals surface area contributed by atoms with Gasteiger partial charge < -0.3 is 5.32 Å². The van der Waals surface area contributed by atoms with Crippen LogP contribution in [0.3, 0.4) is 0 Å². The summed E-state index contributed by atoms with van der Waals surface area (Å²) in [5, 5.41) is 4.02. The van der Waals surface area contributed by atoms with Crippen LogP contribution in [0.2, 0.25) is 5.02 Å². The van der Waals surface area contributed by atoms with Crippen molar-refractivity contribution in [3.8, 4) is 0 Å². The fraction of sp³-hybridized carbons (Fsp3) is 0.333. The van der Waals surface area contributed by atoms with Crippen LogP contribution in [0, 0.1) is 0 Å². The second kappa shape index (κ2) is 4.85. The summed E-state index contributed by atoms with van der Waals surface area (Å²) in [6, 6.07) is 5.84. The second-order valence-electron chi connectivity index (χ2n) is 2.52. The average molecular weight is 249 g/mol. The molecule has 1 aromatic carbocycles. The number of hydrogen-bond donors (Lipinski definition) is 1. The summed E-state index contributed by atoms with van der Waals surface area (Å²) < 4.78 is 1.07. The molecule has 1 rings (SSSR count). The van der Waals surface area contributed by atoms with Crippen LogP contribution in [0.4, 0.5) is 0 Å². The minimum Gasteiger partial charge on any atom is -0.313 e. The third-order valence-corrected chi connectivity index (χ3v) is 2.55. The summed E-state index contributed by atoms with van der Waals surface area (Å²) in [6.45, 7) is 3.95. The van der Waals surface area contributed by atoms with E-state index in [0.29, 0.717) is 0 Å². The molecule has 0 unspecified atom stereocenters. The zero-order valence-corrected chi connectivity index (χ0v) is 9.24. The Morgan fingerprint density at radius 2 is 2.25 bits per heavy atom. The van der Waals surface area contributed by atoms with Gasteiger partial charge in [0.2, 0.25) is 0 Å². The van der Waals surface area contributed by atoms with E-state index in [4.69, 9.17) is 11.6 Å². The first-order chi connectivity index (χ1) is 5.74. The molecule has 66 valence electrons. The maximum absolute atomic E-state index is 5.80. The molecule has 0 radical (unpaired) electrons. The molecular formula is C9H11BrClN. The standard InChI is InChI=1S/C9H11BrClN/c1-2-12-6-7-3-4-8(11)5-9(7)10/h3-5,12H,2,6H2,1H3. The minimum atomic E-state index is 0.766. The molecule has 0 atom stereocenters. The number of nitrogens with one attached hydrogen (secondary N) is 1. The molecule has 0 spiro atoms. The zero-order chi connectivity index (χ0) is 8.97. The maximum atomic E-state index is 5.80. The molecule has 0 aromatic heterocycles. The van der Waals surface area contributed by atoms with Gasteiger partial charge in [-0.15, -0.1) is 0 Å². The van der Waals surface area contributed by atoms with Crippen molar-refractivity contribution in [3.63, 3.8) is 0 Å². The highest BCUT2D eigenvalue weighted by Crippen LogP contribution is 2.21. The predicted octanol–water partition coefficient (Wildman–Crippen LogP) is 3.21. The third kappa shape index (κ3) is 2.77. The summed E-state index contributed by atoms with van der Waals surface area (Å²) in [5.74, 6) is 0. The first-order valence-corrected chi connectivity index (χ1v) is 5.05. The van der Waals surface area contributed by atoms with Crippen LogP contribution < -0.4 is 5.32 Å². The maximum Gasteiger partial charge on any atom is 0.0417 e. The highest BCUT2D eigenvalue weighted by molar-refractivity contribution is 9.10. The molecule has 12 heavy (non-hydrogen) atoms. The van der Waals surface area contributed by atoms with Gasteiger partial charge in [0.05, 0.1) is 0 Å². The molecule has 0 saturated carbocycles. The summed E-state index contributed by atoms with van der Waals surface area (Å²) in [4.78, 5) is 0. The van der Waals surface area contributed by atoms with Gasteiger partial charge in [0.15, 0.2) is 0 Å². The van der Waals surface area contributed by atoms with Gasteiger partial charge in [0.1, 0.15) is 0 Å². The van der Waals surface area contributed by atoms with Crippen LogP contribution in [-0.4, -0.2) is 6.54 Å². The van der Waals surface area contributed by atoms with Crippen molar-refractivity contribution in [3.05, 3.63) is 33.3 Å². The fourth-order valence-electron chi connectivity index (χ4n) is 0.925. The van der Waals surface area contributed by atoms with Gasteiger partial charge in [0, 0.05) is 16.0 Å². The zero-order valence-electron chi connectivity index (χ0n) is 6.90. The van der Waals surface area contributed by atoms with Crippen LogP contribution >= 0.6 is 27.5 Å². The highest BCUT2D eigenvalue weighted by atomic mass is 79.9. The van der Waals surface area contributed by atoms with Gasteiger partial charge in [-0.3, -0.25) is 0 Å². The van der Waals surface area contributed by atoms with E-state index in [-0.39, 0.29) is 0 Å². The van der Waals surface area contributed by atoms with Crippen LogP contribution in [-0.2, 0) is 6.54 Å². The van der Waals surface area contributed by atoms with E-state index in [1.807, 2.05) is 18.2 Å². The molecule has 0 amide bonds. The van der Waals surface area contributed by atoms with Crippen LogP contribution in [0.5, 0.6) is 0 Å². The van der Waals surface area contributed by atoms with Crippen molar-refractivity contribution in [1.29, 1.82) is 0 Å². The quantitative estimate of drug-likeness (QED) is 0.866. The molecule has 0 bridgehead atoms. The lowest BCUT2D eigenvalue weighted by molar-refractivity contribution is 0.725. The van der Waals surface area contributed by atoms with Crippen molar-refractivity contribution in [2.45, 2.75) is 13.5 Å². The molecule has 0 aliphatic carbocycles.